The van der Waals surface area contributed by atoms with Gasteiger partial charge in [0.2, 0.25) is 0 Å². The van der Waals surface area contributed by atoms with Gasteiger partial charge < -0.3 is 19.3 Å². The smallest absolute Gasteiger partial charge is 0.112 e. The lowest BCUT2D eigenvalue weighted by Gasteiger charge is -2.22. The van der Waals surface area contributed by atoms with Crippen LogP contribution in [-0.4, -0.2) is 57.1 Å². The Kier molecular flexibility index (Phi) is 4.38. The fourth-order valence-electron chi connectivity index (χ4n) is 1.57. The third-order valence-corrected chi connectivity index (χ3v) is 2.30. The number of aliphatic hydroxyl groups is 1. The third kappa shape index (κ3) is 2.70. The first kappa shape index (κ1) is 12.0. The summed E-state index contributed by atoms with van der Waals surface area (Å²) in [4.78, 5) is 0. The lowest BCUT2D eigenvalue weighted by molar-refractivity contribution is -0.0788. The normalized spacial score (nSPS) is 40.0. The summed E-state index contributed by atoms with van der Waals surface area (Å²) < 4.78 is 15.7. The standard InChI is InChI=1S/C9H17BO4/c1-5(4-12-3)13-8-7(11)6(2)14-9(8)10/h5-9,11H,4H2,1-3H3/t5-,6+,7?,8?,9+/m0/s1. The molecule has 0 saturated carbocycles. The molecule has 0 amide bonds. The maximum absolute atomic E-state index is 9.67. The summed E-state index contributed by atoms with van der Waals surface area (Å²) in [5.41, 5.74) is 0. The van der Waals surface area contributed by atoms with E-state index < -0.39 is 18.2 Å². The predicted molar refractivity (Wildman–Crippen MR) is 52.3 cm³/mol. The Bertz CT molecular complexity index is 178. The second kappa shape index (κ2) is 5.12. The van der Waals surface area contributed by atoms with Crippen LogP contribution in [0.5, 0.6) is 0 Å². The van der Waals surface area contributed by atoms with Gasteiger partial charge in [0.25, 0.3) is 0 Å². The predicted octanol–water partition coefficient (Wildman–Crippen LogP) is -0.319. The van der Waals surface area contributed by atoms with Crippen molar-refractivity contribution < 1.29 is 19.3 Å². The summed E-state index contributed by atoms with van der Waals surface area (Å²) in [5.74, 6) is 0. The van der Waals surface area contributed by atoms with Crippen molar-refractivity contribution in [1.82, 2.24) is 0 Å². The van der Waals surface area contributed by atoms with E-state index in [9.17, 15) is 5.11 Å². The van der Waals surface area contributed by atoms with Gasteiger partial charge in [-0.05, 0) is 13.8 Å². The SMILES string of the molecule is [B][C@@H]1O[C@H](C)C(O)C1O[C@@H](C)COC. The van der Waals surface area contributed by atoms with E-state index >= 15 is 0 Å². The summed E-state index contributed by atoms with van der Waals surface area (Å²) in [5, 5.41) is 9.67. The Morgan fingerprint density at radius 3 is 2.64 bits per heavy atom. The van der Waals surface area contributed by atoms with E-state index in [1.807, 2.05) is 6.92 Å². The average Bonchev–Trinajstić information content (AvgIpc) is 2.33. The first-order chi connectivity index (χ1) is 6.56. The van der Waals surface area contributed by atoms with Crippen molar-refractivity contribution in [3.05, 3.63) is 0 Å². The van der Waals surface area contributed by atoms with E-state index in [1.165, 1.54) is 0 Å². The van der Waals surface area contributed by atoms with Crippen molar-refractivity contribution >= 4 is 7.85 Å². The third-order valence-electron chi connectivity index (χ3n) is 2.30. The maximum Gasteiger partial charge on any atom is 0.112 e. The second-order valence-electron chi connectivity index (χ2n) is 3.66. The van der Waals surface area contributed by atoms with Gasteiger partial charge in [0, 0.05) is 13.1 Å². The molecule has 0 aromatic carbocycles. The van der Waals surface area contributed by atoms with Crippen LogP contribution >= 0.6 is 0 Å². The molecule has 1 fully saturated rings. The largest absolute Gasteiger partial charge is 0.388 e. The van der Waals surface area contributed by atoms with Gasteiger partial charge in [-0.25, -0.2) is 0 Å². The Balaban J connectivity index is 2.43. The molecule has 0 aromatic rings. The number of rotatable bonds is 4. The maximum atomic E-state index is 9.67. The minimum absolute atomic E-state index is 0.0976. The van der Waals surface area contributed by atoms with Crippen LogP contribution in [0.2, 0.25) is 0 Å². The minimum Gasteiger partial charge on any atom is -0.388 e. The molecule has 1 aliphatic heterocycles. The molecule has 1 N–H and O–H groups in total. The van der Waals surface area contributed by atoms with Crippen LogP contribution < -0.4 is 0 Å². The molecule has 2 radical (unpaired) electrons. The molecule has 80 valence electrons. The molecule has 5 heteroatoms. The highest BCUT2D eigenvalue weighted by atomic mass is 16.6. The zero-order valence-corrected chi connectivity index (χ0v) is 8.84. The molecule has 0 aliphatic carbocycles. The zero-order chi connectivity index (χ0) is 10.7. The monoisotopic (exact) mass is 200 g/mol. The molecule has 4 nitrogen and oxygen atoms in total. The molecule has 0 aromatic heterocycles. The lowest BCUT2D eigenvalue weighted by atomic mass is 9.93. The van der Waals surface area contributed by atoms with Crippen molar-refractivity contribution in [2.75, 3.05) is 13.7 Å². The average molecular weight is 200 g/mol. The van der Waals surface area contributed by atoms with E-state index in [4.69, 9.17) is 22.1 Å². The van der Waals surface area contributed by atoms with Crippen molar-refractivity contribution in [2.24, 2.45) is 0 Å². The molecule has 1 saturated heterocycles. The quantitative estimate of drug-likeness (QED) is 0.632. The highest BCUT2D eigenvalue weighted by Gasteiger charge is 2.39. The van der Waals surface area contributed by atoms with E-state index in [0.717, 1.165) is 0 Å². The summed E-state index contributed by atoms with van der Waals surface area (Å²) in [6.45, 7) is 4.12. The van der Waals surface area contributed by atoms with Crippen molar-refractivity contribution in [2.45, 2.75) is 44.3 Å². The van der Waals surface area contributed by atoms with Gasteiger partial charge in [-0.15, -0.1) is 0 Å². The molecule has 5 atom stereocenters. The van der Waals surface area contributed by atoms with Crippen molar-refractivity contribution in [3.8, 4) is 0 Å². The number of hydrogen-bond acceptors (Lipinski definition) is 4. The van der Waals surface area contributed by atoms with Gasteiger partial charge in [-0.3, -0.25) is 0 Å². The van der Waals surface area contributed by atoms with Crippen LogP contribution in [0, 0.1) is 0 Å². The number of methoxy groups -OCH3 is 1. The zero-order valence-electron chi connectivity index (χ0n) is 8.84. The minimum atomic E-state index is -0.663. The van der Waals surface area contributed by atoms with E-state index in [2.05, 4.69) is 0 Å². The molecular weight excluding hydrogens is 183 g/mol. The Hall–Kier alpha value is -0.0951. The molecule has 1 heterocycles. The lowest BCUT2D eigenvalue weighted by Crippen LogP contribution is -2.38. The Morgan fingerprint density at radius 2 is 2.21 bits per heavy atom. The molecule has 1 aliphatic rings. The van der Waals surface area contributed by atoms with Crippen LogP contribution in [0.25, 0.3) is 0 Å². The highest BCUT2D eigenvalue weighted by molar-refractivity contribution is 6.11. The Morgan fingerprint density at radius 1 is 1.57 bits per heavy atom. The fourth-order valence-corrected chi connectivity index (χ4v) is 1.57. The molecule has 0 spiro atoms. The molecule has 14 heavy (non-hydrogen) atoms. The first-order valence-electron chi connectivity index (χ1n) is 4.79. The van der Waals surface area contributed by atoms with Gasteiger partial charge >= 0.3 is 0 Å². The molecule has 2 unspecified atom stereocenters. The first-order valence-corrected chi connectivity index (χ1v) is 4.79. The van der Waals surface area contributed by atoms with Crippen LogP contribution in [0.1, 0.15) is 13.8 Å². The number of aliphatic hydroxyl groups excluding tert-OH is 1. The summed E-state index contributed by atoms with van der Waals surface area (Å²) in [6.07, 6.45) is -1.50. The number of ether oxygens (including phenoxy) is 3. The molecular formula is C9H17BO4. The summed E-state index contributed by atoms with van der Waals surface area (Å²) in [7, 11) is 7.26. The highest BCUT2D eigenvalue weighted by Crippen LogP contribution is 2.22. The van der Waals surface area contributed by atoms with Crippen molar-refractivity contribution in [1.29, 1.82) is 0 Å². The van der Waals surface area contributed by atoms with Gasteiger partial charge in [0.15, 0.2) is 0 Å². The molecule has 0 bridgehead atoms. The van der Waals surface area contributed by atoms with E-state index in [0.29, 0.717) is 6.61 Å². The van der Waals surface area contributed by atoms with Gasteiger partial charge in [-0.2, -0.15) is 0 Å². The fraction of sp³-hybridized carbons (Fsp3) is 1.00. The van der Waals surface area contributed by atoms with Crippen molar-refractivity contribution in [3.63, 3.8) is 0 Å². The van der Waals surface area contributed by atoms with Crippen LogP contribution in [-0.2, 0) is 14.2 Å². The van der Waals surface area contributed by atoms with Crippen LogP contribution in [0.4, 0.5) is 0 Å². The molecule has 1 rings (SSSR count). The van der Waals surface area contributed by atoms with Gasteiger partial charge in [0.1, 0.15) is 20.1 Å². The number of hydrogen-bond donors (Lipinski definition) is 1. The van der Waals surface area contributed by atoms with Crippen LogP contribution in [0.15, 0.2) is 0 Å². The van der Waals surface area contributed by atoms with Gasteiger partial charge in [0.05, 0.1) is 18.8 Å². The summed E-state index contributed by atoms with van der Waals surface area (Å²) >= 11 is 0. The van der Waals surface area contributed by atoms with Gasteiger partial charge in [-0.1, -0.05) is 0 Å². The van der Waals surface area contributed by atoms with E-state index in [-0.39, 0.29) is 12.2 Å². The second-order valence-corrected chi connectivity index (χ2v) is 3.66. The van der Waals surface area contributed by atoms with E-state index in [1.54, 1.807) is 14.0 Å². The van der Waals surface area contributed by atoms with Crippen LogP contribution in [0.3, 0.4) is 0 Å². The summed E-state index contributed by atoms with van der Waals surface area (Å²) in [6, 6.07) is -0.556. The topological polar surface area (TPSA) is 47.9 Å². The Labute approximate surface area is 85.9 Å².